The number of ether oxygens (including phenoxy) is 1. The first-order chi connectivity index (χ1) is 15.0. The molecule has 166 valence electrons. The highest BCUT2D eigenvalue weighted by Crippen LogP contribution is 2.21. The number of nitrogens with one attached hydrogen (secondary N) is 1. The van der Waals surface area contributed by atoms with E-state index >= 15 is 0 Å². The van der Waals surface area contributed by atoms with Crippen LogP contribution in [-0.4, -0.2) is 54.4 Å². The van der Waals surface area contributed by atoms with E-state index in [2.05, 4.69) is 43.4 Å². The Labute approximate surface area is 185 Å². The Balaban J connectivity index is 1.60. The quantitative estimate of drug-likeness (QED) is 0.666. The van der Waals surface area contributed by atoms with Crippen molar-refractivity contribution in [2.75, 3.05) is 32.1 Å². The van der Waals surface area contributed by atoms with E-state index in [1.165, 1.54) is 5.56 Å². The second-order valence-electron chi connectivity index (χ2n) is 8.15. The number of rotatable bonds is 9. The number of hydrogen-bond acceptors (Lipinski definition) is 4. The minimum absolute atomic E-state index is 0.0592. The molecular weight excluding hydrogens is 390 g/mol. The third-order valence-corrected chi connectivity index (χ3v) is 5.70. The molecule has 1 unspecified atom stereocenters. The van der Waals surface area contributed by atoms with E-state index in [1.807, 2.05) is 34.1 Å². The molecule has 6 nitrogen and oxygen atoms in total. The van der Waals surface area contributed by atoms with Gasteiger partial charge in [0.25, 0.3) is 0 Å². The largest absolute Gasteiger partial charge is 0.497 e. The molecule has 2 aromatic carbocycles. The maximum Gasteiger partial charge on any atom is 0.241 e. The summed E-state index contributed by atoms with van der Waals surface area (Å²) in [6.45, 7) is 6.48. The lowest BCUT2D eigenvalue weighted by Crippen LogP contribution is -2.46. The number of nitrogens with zero attached hydrogens (tertiary/aromatic N) is 2. The van der Waals surface area contributed by atoms with Gasteiger partial charge in [-0.25, -0.2) is 0 Å². The Morgan fingerprint density at radius 1 is 1.13 bits per heavy atom. The first kappa shape index (κ1) is 22.8. The molecule has 1 N–H and O–H groups in total. The molecule has 0 radical (unpaired) electrons. The van der Waals surface area contributed by atoms with E-state index in [0.29, 0.717) is 13.1 Å². The minimum Gasteiger partial charge on any atom is -0.497 e. The molecule has 0 bridgehead atoms. The molecule has 1 aliphatic heterocycles. The fraction of sp³-hybridized carbons (Fsp3) is 0.440. The lowest BCUT2D eigenvalue weighted by molar-refractivity contribution is -0.134. The first-order valence-electron chi connectivity index (χ1n) is 11.0. The van der Waals surface area contributed by atoms with Gasteiger partial charge in [0.15, 0.2) is 0 Å². The molecule has 1 fully saturated rings. The average Bonchev–Trinajstić information content (AvgIpc) is 3.23. The van der Waals surface area contributed by atoms with Crippen LogP contribution in [0.1, 0.15) is 37.3 Å². The number of carbonyl (C=O) groups is 2. The van der Waals surface area contributed by atoms with E-state index in [-0.39, 0.29) is 24.4 Å². The molecule has 0 aliphatic carbocycles. The molecular formula is C25H33N3O3. The van der Waals surface area contributed by atoms with Crippen LogP contribution in [0.15, 0.2) is 48.5 Å². The summed E-state index contributed by atoms with van der Waals surface area (Å²) in [5, 5.41) is 2.98. The Kier molecular flexibility index (Phi) is 8.06. The predicted octanol–water partition coefficient (Wildman–Crippen LogP) is 3.85. The van der Waals surface area contributed by atoms with Crippen LogP contribution in [0.5, 0.6) is 5.75 Å². The van der Waals surface area contributed by atoms with Gasteiger partial charge < -0.3 is 15.0 Å². The van der Waals surface area contributed by atoms with Crippen LogP contribution in [0.3, 0.4) is 0 Å². The summed E-state index contributed by atoms with van der Waals surface area (Å²) in [6, 6.07) is 15.3. The predicted molar refractivity (Wildman–Crippen MR) is 123 cm³/mol. The summed E-state index contributed by atoms with van der Waals surface area (Å²) in [6.07, 6.45) is 2.58. The van der Waals surface area contributed by atoms with Gasteiger partial charge >= 0.3 is 0 Å². The van der Waals surface area contributed by atoms with Crippen LogP contribution >= 0.6 is 0 Å². The van der Waals surface area contributed by atoms with Gasteiger partial charge in [0.1, 0.15) is 5.75 Å². The van der Waals surface area contributed by atoms with Crippen LogP contribution in [0.25, 0.3) is 0 Å². The summed E-state index contributed by atoms with van der Waals surface area (Å²) >= 11 is 0. The summed E-state index contributed by atoms with van der Waals surface area (Å²) in [5.41, 5.74) is 3.07. The molecule has 1 heterocycles. The summed E-state index contributed by atoms with van der Waals surface area (Å²) < 4.78 is 5.16. The van der Waals surface area contributed by atoms with Gasteiger partial charge in [-0.1, -0.05) is 36.8 Å². The molecule has 1 saturated heterocycles. The van der Waals surface area contributed by atoms with Gasteiger partial charge in [-0.05, 0) is 62.6 Å². The smallest absolute Gasteiger partial charge is 0.241 e. The van der Waals surface area contributed by atoms with Crippen molar-refractivity contribution >= 4 is 17.5 Å². The highest BCUT2D eigenvalue weighted by Gasteiger charge is 2.32. The topological polar surface area (TPSA) is 61.9 Å². The fourth-order valence-electron chi connectivity index (χ4n) is 3.96. The van der Waals surface area contributed by atoms with Crippen molar-refractivity contribution in [3.63, 3.8) is 0 Å². The number of methoxy groups -OCH3 is 1. The van der Waals surface area contributed by atoms with E-state index < -0.39 is 0 Å². The zero-order chi connectivity index (χ0) is 22.2. The number of benzene rings is 2. The van der Waals surface area contributed by atoms with E-state index in [1.54, 1.807) is 7.11 Å². The lowest BCUT2D eigenvalue weighted by atomic mass is 10.1. The third kappa shape index (κ3) is 6.31. The van der Waals surface area contributed by atoms with Crippen LogP contribution in [0, 0.1) is 6.92 Å². The second-order valence-corrected chi connectivity index (χ2v) is 8.15. The Morgan fingerprint density at radius 3 is 2.48 bits per heavy atom. The summed E-state index contributed by atoms with van der Waals surface area (Å²) in [4.78, 5) is 29.9. The molecule has 31 heavy (non-hydrogen) atoms. The van der Waals surface area contributed by atoms with Crippen LogP contribution in [-0.2, 0) is 16.1 Å². The van der Waals surface area contributed by atoms with Crippen molar-refractivity contribution < 1.29 is 14.3 Å². The van der Waals surface area contributed by atoms with Crippen LogP contribution < -0.4 is 10.1 Å². The van der Waals surface area contributed by atoms with Crippen LogP contribution in [0.4, 0.5) is 5.69 Å². The number of likely N-dealkylation sites (tertiary alicyclic amines) is 1. The van der Waals surface area contributed by atoms with E-state index in [9.17, 15) is 9.59 Å². The lowest BCUT2D eigenvalue weighted by Gasteiger charge is -2.28. The minimum atomic E-state index is -0.283. The Hall–Kier alpha value is -2.86. The Bertz CT molecular complexity index is 865. The van der Waals surface area contributed by atoms with Gasteiger partial charge in [0.2, 0.25) is 11.8 Å². The number of anilines is 1. The normalized spacial score (nSPS) is 16.2. The van der Waals surface area contributed by atoms with Gasteiger partial charge in [0, 0.05) is 18.8 Å². The van der Waals surface area contributed by atoms with Gasteiger partial charge in [0.05, 0.1) is 19.7 Å². The van der Waals surface area contributed by atoms with Crippen molar-refractivity contribution in [2.24, 2.45) is 0 Å². The molecule has 3 rings (SSSR count). The van der Waals surface area contributed by atoms with E-state index in [0.717, 1.165) is 42.8 Å². The molecule has 1 atom stereocenters. The SMILES string of the molecule is CCCN(Cc1ccc(C)cc1)C(=O)CN1CCCC1C(=O)Nc1ccc(OC)cc1. The summed E-state index contributed by atoms with van der Waals surface area (Å²) in [5.74, 6) is 0.762. The molecule has 1 aliphatic rings. The molecule has 0 spiro atoms. The number of carbonyl (C=O) groups excluding carboxylic acids is 2. The van der Waals surface area contributed by atoms with Gasteiger partial charge in [-0.2, -0.15) is 0 Å². The molecule has 2 aromatic rings. The van der Waals surface area contributed by atoms with Crippen LogP contribution in [0.2, 0.25) is 0 Å². The molecule has 0 saturated carbocycles. The number of hydrogen-bond donors (Lipinski definition) is 1. The monoisotopic (exact) mass is 423 g/mol. The maximum atomic E-state index is 13.1. The highest BCUT2D eigenvalue weighted by molar-refractivity contribution is 5.95. The second kappa shape index (κ2) is 11.0. The standard InChI is InChI=1S/C25H33N3O3/c1-4-15-28(17-20-9-7-19(2)8-10-20)24(29)18-27-16-5-6-23(27)25(30)26-21-11-13-22(31-3)14-12-21/h7-14,23H,4-6,15-18H2,1-3H3,(H,26,30). The van der Waals surface area contributed by atoms with Crippen molar-refractivity contribution in [1.82, 2.24) is 9.80 Å². The molecule has 0 aromatic heterocycles. The van der Waals surface area contributed by atoms with Gasteiger partial charge in [-0.15, -0.1) is 0 Å². The molecule has 6 heteroatoms. The first-order valence-corrected chi connectivity index (χ1v) is 11.0. The zero-order valence-electron chi connectivity index (χ0n) is 18.8. The molecule has 2 amide bonds. The fourth-order valence-corrected chi connectivity index (χ4v) is 3.96. The van der Waals surface area contributed by atoms with Crippen molar-refractivity contribution in [2.45, 2.75) is 45.7 Å². The third-order valence-electron chi connectivity index (χ3n) is 5.70. The summed E-state index contributed by atoms with van der Waals surface area (Å²) in [7, 11) is 1.61. The van der Waals surface area contributed by atoms with E-state index in [4.69, 9.17) is 4.74 Å². The van der Waals surface area contributed by atoms with Gasteiger partial charge in [-0.3, -0.25) is 14.5 Å². The highest BCUT2D eigenvalue weighted by atomic mass is 16.5. The van der Waals surface area contributed by atoms with Crippen molar-refractivity contribution in [1.29, 1.82) is 0 Å². The number of aryl methyl sites for hydroxylation is 1. The van der Waals surface area contributed by atoms with Crippen molar-refractivity contribution in [3.8, 4) is 5.75 Å². The maximum absolute atomic E-state index is 13.1. The Morgan fingerprint density at radius 2 is 1.84 bits per heavy atom. The zero-order valence-corrected chi connectivity index (χ0v) is 18.8. The van der Waals surface area contributed by atoms with Crippen molar-refractivity contribution in [3.05, 3.63) is 59.7 Å². The average molecular weight is 424 g/mol. The number of amides is 2.